The molecule has 7 nitrogen and oxygen atoms in total. The first-order chi connectivity index (χ1) is 15.6. The average molecular weight is 420 g/mol. The number of aromatic nitrogens is 5. The Labute approximate surface area is 184 Å². The van der Waals surface area contributed by atoms with Crippen LogP contribution in [0.25, 0.3) is 33.7 Å². The molecule has 2 aromatic carbocycles. The minimum Gasteiger partial charge on any atom is -0.366 e. The van der Waals surface area contributed by atoms with Gasteiger partial charge in [0, 0.05) is 35.6 Å². The van der Waals surface area contributed by atoms with Gasteiger partial charge in [0.25, 0.3) is 0 Å². The molecule has 0 fully saturated rings. The maximum absolute atomic E-state index is 11.9. The van der Waals surface area contributed by atoms with Crippen LogP contribution in [0.1, 0.15) is 27.4 Å². The minimum atomic E-state index is -0.457. The highest BCUT2D eigenvalue weighted by atomic mass is 16.1. The molecule has 0 aliphatic rings. The predicted molar refractivity (Wildman–Crippen MR) is 123 cm³/mol. The van der Waals surface area contributed by atoms with E-state index in [2.05, 4.69) is 19.9 Å². The molecule has 3 aromatic heterocycles. The van der Waals surface area contributed by atoms with Gasteiger partial charge in [-0.05, 0) is 42.8 Å². The number of carbonyl (C=O) groups excluding carboxylic acids is 1. The fraction of sp³-hybridized carbons (Fsp3) is 0.0800. The van der Waals surface area contributed by atoms with Crippen LogP contribution >= 0.6 is 0 Å². The molecule has 7 heteroatoms. The molecule has 0 spiro atoms. The molecule has 3 N–H and O–H groups in total. The topological polar surface area (TPSA) is 110 Å². The third-order valence-electron chi connectivity index (χ3n) is 5.28. The fourth-order valence-electron chi connectivity index (χ4n) is 3.79. The second kappa shape index (κ2) is 8.03. The van der Waals surface area contributed by atoms with Crippen molar-refractivity contribution in [2.24, 2.45) is 5.73 Å². The van der Waals surface area contributed by atoms with Crippen molar-refractivity contribution in [2.45, 2.75) is 13.3 Å². The highest BCUT2D eigenvalue weighted by Gasteiger charge is 2.18. The van der Waals surface area contributed by atoms with E-state index in [-0.39, 0.29) is 0 Å². The molecule has 5 rings (SSSR count). The number of carbonyl (C=O) groups is 1. The normalized spacial score (nSPS) is 11.0. The molecular formula is C25H20N6O. The fourth-order valence-corrected chi connectivity index (χ4v) is 3.79. The Balaban J connectivity index is 1.65. The summed E-state index contributed by atoms with van der Waals surface area (Å²) in [5.74, 6) is 0.257. The molecule has 0 atom stereocenters. The van der Waals surface area contributed by atoms with Gasteiger partial charge in [-0.3, -0.25) is 19.7 Å². The van der Waals surface area contributed by atoms with Crippen molar-refractivity contribution in [2.75, 3.05) is 0 Å². The quantitative estimate of drug-likeness (QED) is 0.445. The average Bonchev–Trinajstić information content (AvgIpc) is 3.23. The van der Waals surface area contributed by atoms with Crippen molar-refractivity contribution in [1.82, 2.24) is 24.9 Å². The molecule has 156 valence electrons. The zero-order chi connectivity index (χ0) is 22.1. The summed E-state index contributed by atoms with van der Waals surface area (Å²) in [6.45, 7) is 1.95. The van der Waals surface area contributed by atoms with E-state index >= 15 is 0 Å². The predicted octanol–water partition coefficient (Wildman–Crippen LogP) is 4.08. The highest BCUT2D eigenvalue weighted by molar-refractivity contribution is 5.94. The van der Waals surface area contributed by atoms with Crippen LogP contribution < -0.4 is 5.73 Å². The molecule has 3 heterocycles. The number of nitrogens with zero attached hydrogens (tertiary/aromatic N) is 4. The second-order valence-electron chi connectivity index (χ2n) is 7.53. The number of benzene rings is 2. The maximum Gasteiger partial charge on any atom is 0.248 e. The van der Waals surface area contributed by atoms with Crippen LogP contribution in [0.2, 0.25) is 0 Å². The summed E-state index contributed by atoms with van der Waals surface area (Å²) in [5.41, 5.74) is 12.7. The molecular weight excluding hydrogens is 400 g/mol. The Morgan fingerprint density at radius 1 is 0.938 bits per heavy atom. The van der Waals surface area contributed by atoms with Gasteiger partial charge >= 0.3 is 0 Å². The molecule has 0 unspecified atom stereocenters. The second-order valence-corrected chi connectivity index (χ2v) is 7.53. The van der Waals surface area contributed by atoms with E-state index in [1.807, 2.05) is 55.5 Å². The van der Waals surface area contributed by atoms with Crippen molar-refractivity contribution >= 4 is 16.9 Å². The molecule has 5 aromatic rings. The summed E-state index contributed by atoms with van der Waals surface area (Å²) in [5, 5.41) is 0. The first-order valence-corrected chi connectivity index (χ1v) is 10.2. The number of fused-ring (bicyclic) bond motifs is 1. The van der Waals surface area contributed by atoms with Crippen molar-refractivity contribution < 1.29 is 4.79 Å². The third kappa shape index (κ3) is 3.72. The summed E-state index contributed by atoms with van der Waals surface area (Å²) < 4.78 is 0. The zero-order valence-electron chi connectivity index (χ0n) is 17.4. The van der Waals surface area contributed by atoms with Gasteiger partial charge in [-0.15, -0.1) is 0 Å². The number of nitrogens with two attached hydrogens (primary N) is 1. The van der Waals surface area contributed by atoms with E-state index in [1.54, 1.807) is 24.5 Å². The number of primary amides is 1. The SMILES string of the molecule is Cc1cccc(-c2[nH]c(Cc3ccccc3C(N)=O)nc2-c2ccc3nccnc3c2)n1. The zero-order valence-corrected chi connectivity index (χ0v) is 17.4. The van der Waals surface area contributed by atoms with Crippen LogP contribution in [0.4, 0.5) is 0 Å². The van der Waals surface area contributed by atoms with Gasteiger partial charge in [-0.1, -0.05) is 30.3 Å². The van der Waals surface area contributed by atoms with Gasteiger partial charge in [-0.25, -0.2) is 4.98 Å². The third-order valence-corrected chi connectivity index (χ3v) is 5.28. The maximum atomic E-state index is 11.9. The van der Waals surface area contributed by atoms with Crippen LogP contribution in [0, 0.1) is 6.92 Å². The largest absolute Gasteiger partial charge is 0.366 e. The standard InChI is InChI=1S/C25H20N6O/c1-15-5-4-8-20(29-15)24-23(17-9-10-19-21(13-17)28-12-11-27-19)30-22(31-24)14-16-6-2-3-7-18(16)25(26)32/h2-13H,14H2,1H3,(H2,26,32)(H,30,31). The van der Waals surface area contributed by atoms with Gasteiger partial charge in [0.2, 0.25) is 5.91 Å². The van der Waals surface area contributed by atoms with Crippen molar-refractivity contribution in [3.05, 3.63) is 95.7 Å². The first-order valence-electron chi connectivity index (χ1n) is 10.2. The van der Waals surface area contributed by atoms with Crippen LogP contribution in [-0.4, -0.2) is 30.8 Å². The number of pyridine rings is 1. The van der Waals surface area contributed by atoms with E-state index < -0.39 is 5.91 Å². The summed E-state index contributed by atoms with van der Waals surface area (Å²) in [4.78, 5) is 33.6. The Hall–Kier alpha value is -4.39. The first kappa shape index (κ1) is 19.6. The molecule has 1 amide bonds. The lowest BCUT2D eigenvalue weighted by atomic mass is 10.0. The molecule has 0 radical (unpaired) electrons. The highest BCUT2D eigenvalue weighted by Crippen LogP contribution is 2.31. The molecule has 0 aliphatic carbocycles. The van der Waals surface area contributed by atoms with E-state index in [9.17, 15) is 4.79 Å². The number of H-pyrrole nitrogens is 1. The van der Waals surface area contributed by atoms with Crippen molar-refractivity contribution in [1.29, 1.82) is 0 Å². The number of imidazole rings is 1. The molecule has 0 saturated carbocycles. The summed E-state index contributed by atoms with van der Waals surface area (Å²) in [7, 11) is 0. The van der Waals surface area contributed by atoms with Crippen molar-refractivity contribution in [3.8, 4) is 22.6 Å². The summed E-state index contributed by atoms with van der Waals surface area (Å²) in [6.07, 6.45) is 3.78. The number of nitrogens with one attached hydrogen (secondary N) is 1. The Bertz CT molecular complexity index is 1460. The van der Waals surface area contributed by atoms with E-state index in [0.29, 0.717) is 17.8 Å². The van der Waals surface area contributed by atoms with Crippen LogP contribution in [0.15, 0.2) is 73.1 Å². The van der Waals surface area contributed by atoms with Gasteiger partial charge in [0.05, 0.1) is 28.1 Å². The van der Waals surface area contributed by atoms with Gasteiger partial charge in [0.15, 0.2) is 0 Å². The Kier molecular flexibility index (Phi) is 4.91. The van der Waals surface area contributed by atoms with E-state index in [4.69, 9.17) is 10.7 Å². The number of amides is 1. The Morgan fingerprint density at radius 2 is 1.75 bits per heavy atom. The van der Waals surface area contributed by atoms with Gasteiger partial charge < -0.3 is 10.7 Å². The number of hydrogen-bond donors (Lipinski definition) is 2. The van der Waals surface area contributed by atoms with Gasteiger partial charge in [0.1, 0.15) is 5.82 Å². The molecule has 32 heavy (non-hydrogen) atoms. The van der Waals surface area contributed by atoms with Gasteiger partial charge in [-0.2, -0.15) is 0 Å². The monoisotopic (exact) mass is 420 g/mol. The lowest BCUT2D eigenvalue weighted by Crippen LogP contribution is -2.14. The summed E-state index contributed by atoms with van der Waals surface area (Å²) in [6, 6.07) is 19.1. The number of aryl methyl sites for hydroxylation is 1. The number of rotatable bonds is 5. The lowest BCUT2D eigenvalue weighted by molar-refractivity contribution is 0.0999. The summed E-state index contributed by atoms with van der Waals surface area (Å²) >= 11 is 0. The molecule has 0 saturated heterocycles. The van der Waals surface area contributed by atoms with E-state index in [1.165, 1.54) is 0 Å². The van der Waals surface area contributed by atoms with E-state index in [0.717, 1.165) is 44.9 Å². The number of hydrogen-bond acceptors (Lipinski definition) is 5. The van der Waals surface area contributed by atoms with Crippen LogP contribution in [-0.2, 0) is 6.42 Å². The lowest BCUT2D eigenvalue weighted by Gasteiger charge is -2.04. The van der Waals surface area contributed by atoms with Crippen LogP contribution in [0.3, 0.4) is 0 Å². The molecule has 0 bridgehead atoms. The number of aromatic amines is 1. The molecule has 0 aliphatic heterocycles. The minimum absolute atomic E-state index is 0.436. The Morgan fingerprint density at radius 3 is 2.56 bits per heavy atom. The smallest absolute Gasteiger partial charge is 0.248 e. The van der Waals surface area contributed by atoms with Crippen molar-refractivity contribution in [3.63, 3.8) is 0 Å². The van der Waals surface area contributed by atoms with Crippen LogP contribution in [0.5, 0.6) is 0 Å².